The number of para-hydroxylation sites is 1. The topological polar surface area (TPSA) is 108 Å². The molecule has 0 atom stereocenters. The minimum Gasteiger partial charge on any atom is -0.383 e. The van der Waals surface area contributed by atoms with E-state index in [2.05, 4.69) is 15.1 Å². The summed E-state index contributed by atoms with van der Waals surface area (Å²) in [5.74, 6) is 0.307. The monoisotopic (exact) mass is 401 g/mol. The molecule has 1 aromatic carbocycles. The fraction of sp³-hybridized carbons (Fsp3) is 0.333. The number of halogens is 1. The average Bonchev–Trinajstić information content (AvgIpc) is 3.11. The van der Waals surface area contributed by atoms with Crippen LogP contribution in [0.2, 0.25) is 5.02 Å². The van der Waals surface area contributed by atoms with Gasteiger partial charge >= 0.3 is 0 Å². The van der Waals surface area contributed by atoms with E-state index in [4.69, 9.17) is 20.9 Å². The van der Waals surface area contributed by atoms with Crippen LogP contribution >= 0.6 is 11.6 Å². The summed E-state index contributed by atoms with van der Waals surface area (Å²) < 4.78 is 13.6. The van der Waals surface area contributed by atoms with Crippen LogP contribution in [-0.4, -0.2) is 42.9 Å². The predicted octanol–water partition coefficient (Wildman–Crippen LogP) is 1.98. The Balaban J connectivity index is 1.79. The number of nitrogens with zero attached hydrogens (tertiary/aromatic N) is 5. The van der Waals surface area contributed by atoms with Gasteiger partial charge in [0, 0.05) is 13.7 Å². The highest BCUT2D eigenvalue weighted by atomic mass is 35.5. The summed E-state index contributed by atoms with van der Waals surface area (Å²) in [4.78, 5) is 21.9. The molecule has 0 spiro atoms. The van der Waals surface area contributed by atoms with Crippen molar-refractivity contribution in [2.24, 2.45) is 0 Å². The van der Waals surface area contributed by atoms with Crippen molar-refractivity contribution in [1.82, 2.24) is 24.1 Å². The minimum atomic E-state index is -1.06. The molecule has 1 aliphatic carbocycles. The van der Waals surface area contributed by atoms with Crippen LogP contribution < -0.4 is 5.56 Å². The fourth-order valence-electron chi connectivity index (χ4n) is 3.33. The zero-order valence-electron chi connectivity index (χ0n) is 14.9. The molecule has 28 heavy (non-hydrogen) atoms. The first-order chi connectivity index (χ1) is 13.5. The molecule has 0 bridgehead atoms. The van der Waals surface area contributed by atoms with Gasteiger partial charge in [-0.2, -0.15) is 4.98 Å². The molecule has 1 saturated carbocycles. The number of hydrogen-bond acceptors (Lipinski definition) is 7. The number of methoxy groups -OCH3 is 1. The van der Waals surface area contributed by atoms with E-state index in [1.165, 1.54) is 6.33 Å². The van der Waals surface area contributed by atoms with Gasteiger partial charge in [0.2, 0.25) is 5.82 Å². The second-order valence-electron chi connectivity index (χ2n) is 6.82. The highest BCUT2D eigenvalue weighted by Gasteiger charge is 2.48. The maximum Gasteiger partial charge on any atom is 0.277 e. The summed E-state index contributed by atoms with van der Waals surface area (Å²) in [6.45, 7) is 0.674. The van der Waals surface area contributed by atoms with Crippen LogP contribution in [0.3, 0.4) is 0 Å². The Morgan fingerprint density at radius 3 is 2.93 bits per heavy atom. The number of imidazole rings is 1. The highest BCUT2D eigenvalue weighted by Crippen LogP contribution is 2.44. The maximum absolute atomic E-state index is 13.3. The number of ether oxygens (including phenoxy) is 1. The Kier molecular flexibility index (Phi) is 3.80. The average molecular weight is 402 g/mol. The van der Waals surface area contributed by atoms with Crippen molar-refractivity contribution in [2.45, 2.75) is 25.0 Å². The fourth-order valence-corrected chi connectivity index (χ4v) is 3.60. The molecule has 0 radical (unpaired) electrons. The van der Waals surface area contributed by atoms with Gasteiger partial charge in [-0.25, -0.2) is 4.98 Å². The highest BCUT2D eigenvalue weighted by molar-refractivity contribution is 6.35. The lowest BCUT2D eigenvalue weighted by Gasteiger charge is -2.13. The lowest BCUT2D eigenvalue weighted by Crippen LogP contribution is -2.25. The summed E-state index contributed by atoms with van der Waals surface area (Å²) in [6.07, 6.45) is 2.68. The molecule has 10 heteroatoms. The normalized spacial score (nSPS) is 15.5. The van der Waals surface area contributed by atoms with Gasteiger partial charge in [-0.1, -0.05) is 22.8 Å². The van der Waals surface area contributed by atoms with E-state index >= 15 is 0 Å². The SMILES string of the molecule is COCCn1c(=O)c2c(-c3noc(C4(O)CC4)n3)ncn2c2cccc(Cl)c21. The molecule has 3 aromatic heterocycles. The first-order valence-corrected chi connectivity index (χ1v) is 9.15. The largest absolute Gasteiger partial charge is 0.383 e. The van der Waals surface area contributed by atoms with Crippen LogP contribution in [0.5, 0.6) is 0 Å². The molecule has 4 aromatic rings. The molecule has 0 unspecified atom stereocenters. The van der Waals surface area contributed by atoms with E-state index in [-0.39, 0.29) is 23.0 Å². The first kappa shape index (κ1) is 17.4. The van der Waals surface area contributed by atoms with Crippen molar-refractivity contribution in [2.75, 3.05) is 13.7 Å². The summed E-state index contributed by atoms with van der Waals surface area (Å²) in [5, 5.41) is 14.6. The lowest BCUT2D eigenvalue weighted by atomic mass is 10.2. The lowest BCUT2D eigenvalue weighted by molar-refractivity contribution is 0.108. The number of aromatic nitrogens is 5. The Hall–Kier alpha value is -2.75. The molecule has 0 amide bonds. The van der Waals surface area contributed by atoms with Crippen molar-refractivity contribution in [3.05, 3.63) is 45.8 Å². The van der Waals surface area contributed by atoms with Crippen molar-refractivity contribution < 1.29 is 14.4 Å². The predicted molar refractivity (Wildman–Crippen MR) is 100 cm³/mol. The smallest absolute Gasteiger partial charge is 0.277 e. The molecule has 3 heterocycles. The number of fused-ring (bicyclic) bond motifs is 3. The number of hydrogen-bond donors (Lipinski definition) is 1. The van der Waals surface area contributed by atoms with Crippen LogP contribution in [0.15, 0.2) is 33.8 Å². The number of benzene rings is 1. The second kappa shape index (κ2) is 6.13. The van der Waals surface area contributed by atoms with Gasteiger partial charge in [-0.05, 0) is 25.0 Å². The minimum absolute atomic E-state index is 0.146. The van der Waals surface area contributed by atoms with Gasteiger partial charge in [0.1, 0.15) is 23.1 Å². The van der Waals surface area contributed by atoms with Gasteiger partial charge in [0.25, 0.3) is 11.4 Å². The third kappa shape index (κ3) is 2.47. The summed E-state index contributed by atoms with van der Waals surface area (Å²) in [7, 11) is 1.57. The van der Waals surface area contributed by atoms with Crippen molar-refractivity contribution in [3.8, 4) is 11.5 Å². The van der Waals surface area contributed by atoms with Crippen molar-refractivity contribution in [3.63, 3.8) is 0 Å². The van der Waals surface area contributed by atoms with Crippen LogP contribution in [0.4, 0.5) is 0 Å². The number of aliphatic hydroxyl groups is 1. The van der Waals surface area contributed by atoms with Gasteiger partial charge in [-0.3, -0.25) is 9.20 Å². The molecule has 0 aliphatic heterocycles. The van der Waals surface area contributed by atoms with Gasteiger partial charge in [0.05, 0.1) is 22.7 Å². The maximum atomic E-state index is 13.3. The molecular formula is C18H16ClN5O4. The van der Waals surface area contributed by atoms with Gasteiger partial charge in [0.15, 0.2) is 0 Å². The molecular weight excluding hydrogens is 386 g/mol. The zero-order valence-corrected chi connectivity index (χ0v) is 15.7. The quantitative estimate of drug-likeness (QED) is 0.544. The summed E-state index contributed by atoms with van der Waals surface area (Å²) in [5.41, 5.74) is 0.574. The molecule has 5 rings (SSSR count). The Labute approximate surface area is 163 Å². The van der Waals surface area contributed by atoms with Crippen molar-refractivity contribution in [1.29, 1.82) is 0 Å². The first-order valence-electron chi connectivity index (χ1n) is 8.77. The molecule has 9 nitrogen and oxygen atoms in total. The molecule has 1 N–H and O–H groups in total. The third-order valence-electron chi connectivity index (χ3n) is 4.99. The molecule has 144 valence electrons. The van der Waals surface area contributed by atoms with E-state index < -0.39 is 5.60 Å². The van der Waals surface area contributed by atoms with Crippen LogP contribution in [0, 0.1) is 0 Å². The van der Waals surface area contributed by atoms with Gasteiger partial charge < -0.3 is 18.9 Å². The summed E-state index contributed by atoms with van der Waals surface area (Å²) >= 11 is 6.40. The second-order valence-corrected chi connectivity index (χ2v) is 7.23. The molecule has 0 saturated heterocycles. The van der Waals surface area contributed by atoms with Crippen LogP contribution in [-0.2, 0) is 16.9 Å². The van der Waals surface area contributed by atoms with Crippen LogP contribution in [0.25, 0.3) is 28.1 Å². The van der Waals surface area contributed by atoms with E-state index in [0.29, 0.717) is 42.0 Å². The third-order valence-corrected chi connectivity index (χ3v) is 5.29. The van der Waals surface area contributed by atoms with E-state index in [0.717, 1.165) is 5.52 Å². The Morgan fingerprint density at radius 2 is 2.18 bits per heavy atom. The Morgan fingerprint density at radius 1 is 1.36 bits per heavy atom. The van der Waals surface area contributed by atoms with Crippen LogP contribution in [0.1, 0.15) is 18.7 Å². The molecule has 1 fully saturated rings. The van der Waals surface area contributed by atoms with E-state index in [1.54, 1.807) is 22.1 Å². The summed E-state index contributed by atoms with van der Waals surface area (Å²) in [6, 6.07) is 5.40. The zero-order chi connectivity index (χ0) is 19.5. The Bertz CT molecular complexity index is 1270. The number of rotatable bonds is 5. The standard InChI is InChI=1S/C18H16ClN5O4/c1-27-8-7-23-13-10(19)3-2-4-11(13)24-9-20-12(14(24)16(23)25)15-21-17(28-22-15)18(26)5-6-18/h2-4,9,26H,5-8H2,1H3. The van der Waals surface area contributed by atoms with Crippen molar-refractivity contribution >= 4 is 28.2 Å². The van der Waals surface area contributed by atoms with E-state index in [9.17, 15) is 9.90 Å². The van der Waals surface area contributed by atoms with E-state index in [1.807, 2.05) is 12.1 Å². The molecule has 1 aliphatic rings. The van der Waals surface area contributed by atoms with Gasteiger partial charge in [-0.15, -0.1) is 0 Å².